The normalized spacial score (nSPS) is 13.6. The third-order valence-corrected chi connectivity index (χ3v) is 15.8. The van der Waals surface area contributed by atoms with Crippen molar-refractivity contribution in [1.29, 1.82) is 10.8 Å². The summed E-state index contributed by atoms with van der Waals surface area (Å²) in [4.78, 5) is 107. The number of nitrogens with one attached hydrogen (secondary N) is 12. The Labute approximate surface area is 519 Å². The van der Waals surface area contributed by atoms with E-state index in [1.54, 1.807) is 73.1 Å². The standard InChI is InChI=1S/C67H74N14O9/c68-65(69)72-31-15-29-53(77-63(86)57(36-43-38-75-52-28-14-12-22-45(43)52)81-67(89)90-39-50-48-25-9-7-23-46(48)47-24-8-10-26-49(47)50)59(82)78-55(33-40-17-3-1-4-18-40)61(84)79-56(35-42-37-74-51-27-13-11-21-44(42)51)62(85)76-54(30-16-32-73-66(70)71)60(83)80-58(64(87)88)34-41-19-5-2-6-20-41/h1-14,17-28,37-38,50,53-58,74-75H,15-16,29-36,39H2,(H,76,85)(H,77,86)(H,78,82)(H,79,84)(H,80,83)(H,81,89)(H,87,88)(H4,68,69,72)(H4,70,71,73)/t53-,54-,55-,56-,57-,58-/m0/s1. The van der Waals surface area contributed by atoms with Gasteiger partial charge in [-0.3, -0.25) is 34.8 Å². The number of carboxylic acid groups (broad SMARTS) is 1. The zero-order chi connectivity index (χ0) is 63.5. The minimum absolute atomic E-state index is 0.0369. The average molecular weight is 1220 g/mol. The molecular weight excluding hydrogens is 1140 g/mol. The Balaban J connectivity index is 0.980. The largest absolute Gasteiger partial charge is 0.480 e. The van der Waals surface area contributed by atoms with Crippen LogP contribution in [0, 0.1) is 10.8 Å². The molecule has 23 nitrogen and oxygen atoms in total. The van der Waals surface area contributed by atoms with E-state index in [0.717, 1.165) is 44.1 Å². The van der Waals surface area contributed by atoms with Gasteiger partial charge in [-0.25, -0.2) is 9.59 Å². The summed E-state index contributed by atoms with van der Waals surface area (Å²) >= 11 is 0. The van der Waals surface area contributed by atoms with Crippen LogP contribution in [0.4, 0.5) is 4.79 Å². The maximum Gasteiger partial charge on any atom is 0.407 e. The zero-order valence-corrected chi connectivity index (χ0v) is 49.4. The summed E-state index contributed by atoms with van der Waals surface area (Å²) in [5.41, 5.74) is 19.3. The highest BCUT2D eigenvalue weighted by Crippen LogP contribution is 2.44. The van der Waals surface area contributed by atoms with Crippen molar-refractivity contribution in [2.45, 2.75) is 93.5 Å². The lowest BCUT2D eigenvalue weighted by Gasteiger charge is -2.28. The molecule has 23 heteroatoms. The van der Waals surface area contributed by atoms with Crippen molar-refractivity contribution in [1.82, 2.24) is 52.5 Å². The molecule has 0 spiro atoms. The Kier molecular flexibility index (Phi) is 21.6. The number of fused-ring (bicyclic) bond motifs is 5. The average Bonchev–Trinajstić information content (AvgIpc) is 1.67. The molecule has 0 bridgehead atoms. The van der Waals surface area contributed by atoms with Gasteiger partial charge in [0.15, 0.2) is 11.9 Å². The molecule has 9 rings (SSSR count). The van der Waals surface area contributed by atoms with Crippen LogP contribution in [0.25, 0.3) is 32.9 Å². The molecule has 17 N–H and O–H groups in total. The Morgan fingerprint density at radius 2 is 0.822 bits per heavy atom. The van der Waals surface area contributed by atoms with Gasteiger partial charge >= 0.3 is 12.1 Å². The quantitative estimate of drug-likeness (QED) is 0.0163. The number of hydrogen-bond donors (Lipinski definition) is 15. The number of ether oxygens (including phenoxy) is 1. The smallest absolute Gasteiger partial charge is 0.407 e. The molecule has 1 aliphatic rings. The third kappa shape index (κ3) is 17.0. The molecule has 8 aromatic rings. The molecule has 0 aliphatic heterocycles. The molecule has 6 amide bonds. The van der Waals surface area contributed by atoms with Crippen LogP contribution in [0.1, 0.15) is 65.0 Å². The highest BCUT2D eigenvalue weighted by atomic mass is 16.5. The summed E-state index contributed by atoms with van der Waals surface area (Å²) in [5, 5.41) is 49.3. The first-order valence-corrected chi connectivity index (χ1v) is 29.8. The summed E-state index contributed by atoms with van der Waals surface area (Å²) in [5.74, 6) is -6.22. The molecule has 6 aromatic carbocycles. The molecule has 0 saturated heterocycles. The number of hydrogen-bond acceptors (Lipinski definition) is 10. The fraction of sp³-hybridized carbons (Fsp3) is 0.269. The Morgan fingerprint density at radius 3 is 1.28 bits per heavy atom. The number of aromatic nitrogens is 2. The van der Waals surface area contributed by atoms with Crippen LogP contribution in [0.15, 0.2) is 170 Å². The van der Waals surface area contributed by atoms with E-state index in [4.69, 9.17) is 27.0 Å². The number of aliphatic carboxylic acids is 1. The first kappa shape index (κ1) is 63.5. The van der Waals surface area contributed by atoms with Crippen LogP contribution >= 0.6 is 0 Å². The van der Waals surface area contributed by atoms with Crippen molar-refractivity contribution < 1.29 is 43.4 Å². The number of guanidine groups is 2. The molecule has 6 atom stereocenters. The van der Waals surface area contributed by atoms with Crippen molar-refractivity contribution in [3.8, 4) is 11.1 Å². The predicted octanol–water partition coefficient (Wildman–Crippen LogP) is 4.86. The van der Waals surface area contributed by atoms with Gasteiger partial charge in [0.2, 0.25) is 29.5 Å². The number of alkyl carbamates (subject to hydrolysis) is 1. The molecule has 0 unspecified atom stereocenters. The molecular formula is C67H74N14O9. The fourth-order valence-electron chi connectivity index (χ4n) is 11.3. The molecule has 2 aromatic heterocycles. The molecule has 466 valence electrons. The number of carbonyl (C=O) groups excluding carboxylic acids is 6. The molecule has 0 radical (unpaired) electrons. The van der Waals surface area contributed by atoms with Gasteiger partial charge in [-0.05, 0) is 82.3 Å². The number of carbonyl (C=O) groups is 7. The highest BCUT2D eigenvalue weighted by Gasteiger charge is 2.36. The first-order chi connectivity index (χ1) is 43.6. The van der Waals surface area contributed by atoms with Crippen LogP contribution in [0.2, 0.25) is 0 Å². The number of para-hydroxylation sites is 2. The van der Waals surface area contributed by atoms with E-state index in [-0.39, 0.29) is 88.9 Å². The van der Waals surface area contributed by atoms with E-state index < -0.39 is 77.8 Å². The maximum absolute atomic E-state index is 15.2. The summed E-state index contributed by atoms with van der Waals surface area (Å²) in [6, 6.07) is 39.8. The predicted molar refractivity (Wildman–Crippen MR) is 342 cm³/mol. The topological polar surface area (TPSA) is 377 Å². The summed E-state index contributed by atoms with van der Waals surface area (Å²) < 4.78 is 5.94. The monoisotopic (exact) mass is 1220 g/mol. The second kappa shape index (κ2) is 30.6. The summed E-state index contributed by atoms with van der Waals surface area (Å²) in [6.07, 6.45) is 2.51. The SMILES string of the molecule is N=C(N)NCCC[C@H](NC(=O)[C@H](Cc1c[nH]c2ccccc12)NC(=O)[C@H](Cc1ccccc1)NC(=O)[C@H](CCCNC(=N)N)NC(=O)[C@H](Cc1c[nH]c2ccccc12)NC(=O)OCC1c2ccccc2-c2ccccc21)C(=O)N[C@@H](Cc1ccccc1)C(=O)O. The van der Waals surface area contributed by atoms with E-state index >= 15 is 9.59 Å². The van der Waals surface area contributed by atoms with E-state index in [0.29, 0.717) is 22.3 Å². The van der Waals surface area contributed by atoms with E-state index in [1.165, 1.54) is 0 Å². The Morgan fingerprint density at radius 1 is 0.456 bits per heavy atom. The van der Waals surface area contributed by atoms with Gasteiger partial charge in [0.05, 0.1) is 0 Å². The lowest BCUT2D eigenvalue weighted by molar-refractivity contribution is -0.142. The van der Waals surface area contributed by atoms with Gasteiger partial charge < -0.3 is 73.8 Å². The summed E-state index contributed by atoms with van der Waals surface area (Å²) in [6.45, 7) is 0.218. The van der Waals surface area contributed by atoms with Crippen LogP contribution in [0.3, 0.4) is 0 Å². The zero-order valence-electron chi connectivity index (χ0n) is 49.4. The number of rotatable bonds is 30. The molecule has 1 aliphatic carbocycles. The van der Waals surface area contributed by atoms with Crippen molar-refractivity contribution in [2.24, 2.45) is 11.5 Å². The first-order valence-electron chi connectivity index (χ1n) is 29.8. The van der Waals surface area contributed by atoms with Crippen molar-refractivity contribution >= 4 is 75.3 Å². The molecule has 0 fully saturated rings. The van der Waals surface area contributed by atoms with Crippen LogP contribution in [0.5, 0.6) is 0 Å². The minimum Gasteiger partial charge on any atom is -0.480 e. The lowest BCUT2D eigenvalue weighted by Crippen LogP contribution is -2.60. The fourth-order valence-corrected chi connectivity index (χ4v) is 11.3. The van der Waals surface area contributed by atoms with Crippen LogP contribution < -0.4 is 54.0 Å². The van der Waals surface area contributed by atoms with Gasteiger partial charge in [0.25, 0.3) is 0 Å². The van der Waals surface area contributed by atoms with Gasteiger partial charge in [0, 0.05) is 78.9 Å². The molecule has 90 heavy (non-hydrogen) atoms. The Bertz CT molecular complexity index is 3810. The van der Waals surface area contributed by atoms with E-state index in [9.17, 15) is 29.1 Å². The van der Waals surface area contributed by atoms with E-state index in [1.807, 2.05) is 97.1 Å². The van der Waals surface area contributed by atoms with Crippen molar-refractivity contribution in [3.05, 3.63) is 203 Å². The second-order valence-corrected chi connectivity index (χ2v) is 22.1. The number of carboxylic acids is 1. The lowest BCUT2D eigenvalue weighted by atomic mass is 9.98. The van der Waals surface area contributed by atoms with Crippen LogP contribution in [-0.4, -0.2) is 125 Å². The Hall–Kier alpha value is -11.0. The third-order valence-electron chi connectivity index (χ3n) is 15.8. The van der Waals surface area contributed by atoms with Crippen LogP contribution in [-0.2, 0) is 59.2 Å². The minimum atomic E-state index is -1.43. The number of H-pyrrole nitrogens is 2. The summed E-state index contributed by atoms with van der Waals surface area (Å²) in [7, 11) is 0. The van der Waals surface area contributed by atoms with Gasteiger partial charge in [-0.1, -0.05) is 146 Å². The van der Waals surface area contributed by atoms with Crippen molar-refractivity contribution in [3.63, 3.8) is 0 Å². The molecule has 0 saturated carbocycles. The number of benzene rings is 6. The highest BCUT2D eigenvalue weighted by molar-refractivity contribution is 5.98. The molecule has 2 heterocycles. The van der Waals surface area contributed by atoms with Gasteiger partial charge in [-0.15, -0.1) is 0 Å². The van der Waals surface area contributed by atoms with Gasteiger partial charge in [-0.2, -0.15) is 0 Å². The van der Waals surface area contributed by atoms with Gasteiger partial charge in [0.1, 0.15) is 42.9 Å². The van der Waals surface area contributed by atoms with E-state index in [2.05, 4.69) is 52.5 Å². The van der Waals surface area contributed by atoms with Crippen molar-refractivity contribution in [2.75, 3.05) is 19.7 Å². The maximum atomic E-state index is 15.2. The number of aromatic amines is 2. The number of amides is 6. The number of nitrogens with two attached hydrogens (primary N) is 2. The second-order valence-electron chi connectivity index (χ2n) is 22.1.